The van der Waals surface area contributed by atoms with Crippen molar-refractivity contribution in [1.82, 2.24) is 5.43 Å². The fourth-order valence-electron chi connectivity index (χ4n) is 2.88. The summed E-state index contributed by atoms with van der Waals surface area (Å²) < 4.78 is 0. The standard InChI is InChI=1S/C14H24N2S/c15-16-13(11-14-8-5-9-17-14)10-12-6-3-1-2-4-7-12/h5,8-9,12-13,16H,1-4,6-7,10-11,15H2. The van der Waals surface area contributed by atoms with Crippen molar-refractivity contribution in [3.63, 3.8) is 0 Å². The van der Waals surface area contributed by atoms with Crippen molar-refractivity contribution in [2.45, 2.75) is 57.4 Å². The molecule has 3 heteroatoms. The lowest BCUT2D eigenvalue weighted by atomic mass is 9.91. The van der Waals surface area contributed by atoms with Crippen LogP contribution in [0.4, 0.5) is 0 Å². The second-order valence-electron chi connectivity index (χ2n) is 5.24. The third-order valence-corrected chi connectivity index (χ3v) is 4.75. The number of nitrogens with two attached hydrogens (primary N) is 1. The molecule has 0 bridgehead atoms. The maximum Gasteiger partial charge on any atom is 0.0261 e. The molecule has 1 aliphatic rings. The summed E-state index contributed by atoms with van der Waals surface area (Å²) in [5.41, 5.74) is 3.01. The van der Waals surface area contributed by atoms with E-state index < -0.39 is 0 Å². The molecule has 1 unspecified atom stereocenters. The predicted molar refractivity (Wildman–Crippen MR) is 74.9 cm³/mol. The first-order chi connectivity index (χ1) is 8.38. The van der Waals surface area contributed by atoms with Crippen molar-refractivity contribution in [1.29, 1.82) is 0 Å². The van der Waals surface area contributed by atoms with E-state index in [0.29, 0.717) is 6.04 Å². The Morgan fingerprint density at radius 3 is 2.65 bits per heavy atom. The Morgan fingerprint density at radius 1 is 1.29 bits per heavy atom. The van der Waals surface area contributed by atoms with E-state index >= 15 is 0 Å². The van der Waals surface area contributed by atoms with Gasteiger partial charge >= 0.3 is 0 Å². The second kappa shape index (κ2) is 7.14. The Labute approximate surface area is 109 Å². The first kappa shape index (κ1) is 13.1. The van der Waals surface area contributed by atoms with Gasteiger partial charge < -0.3 is 0 Å². The van der Waals surface area contributed by atoms with E-state index in [4.69, 9.17) is 5.84 Å². The third kappa shape index (κ3) is 4.41. The lowest BCUT2D eigenvalue weighted by Gasteiger charge is -2.21. The Morgan fingerprint density at radius 2 is 2.06 bits per heavy atom. The molecule has 1 aromatic rings. The summed E-state index contributed by atoms with van der Waals surface area (Å²) in [5.74, 6) is 6.59. The van der Waals surface area contributed by atoms with Gasteiger partial charge in [-0.2, -0.15) is 0 Å². The third-order valence-electron chi connectivity index (χ3n) is 3.86. The summed E-state index contributed by atoms with van der Waals surface area (Å²) in [4.78, 5) is 1.45. The van der Waals surface area contributed by atoms with Gasteiger partial charge in [-0.25, -0.2) is 0 Å². The number of rotatable bonds is 5. The van der Waals surface area contributed by atoms with Gasteiger partial charge in [-0.1, -0.05) is 44.6 Å². The molecule has 1 heterocycles. The Kier molecular flexibility index (Phi) is 5.49. The van der Waals surface area contributed by atoms with Gasteiger partial charge in [0.25, 0.3) is 0 Å². The van der Waals surface area contributed by atoms with Gasteiger partial charge in [-0.05, 0) is 30.2 Å². The molecule has 0 aliphatic heterocycles. The van der Waals surface area contributed by atoms with E-state index in [1.54, 1.807) is 0 Å². The number of hydrogen-bond acceptors (Lipinski definition) is 3. The molecule has 0 spiro atoms. The largest absolute Gasteiger partial charge is 0.271 e. The average molecular weight is 252 g/mol. The molecule has 3 N–H and O–H groups in total. The van der Waals surface area contributed by atoms with Gasteiger partial charge in [-0.15, -0.1) is 11.3 Å². The molecule has 1 aromatic heterocycles. The maximum atomic E-state index is 5.70. The van der Waals surface area contributed by atoms with Crippen LogP contribution < -0.4 is 11.3 Å². The summed E-state index contributed by atoms with van der Waals surface area (Å²) >= 11 is 1.84. The quantitative estimate of drug-likeness (QED) is 0.478. The average Bonchev–Trinajstić information content (AvgIpc) is 2.71. The molecule has 0 aromatic carbocycles. The van der Waals surface area contributed by atoms with Crippen LogP contribution in [0, 0.1) is 5.92 Å². The lowest BCUT2D eigenvalue weighted by molar-refractivity contribution is 0.353. The molecule has 1 saturated carbocycles. The first-order valence-corrected chi connectivity index (χ1v) is 7.75. The van der Waals surface area contributed by atoms with E-state index in [-0.39, 0.29) is 0 Å². The summed E-state index contributed by atoms with van der Waals surface area (Å²) in [6.07, 6.45) is 10.8. The number of hydrazine groups is 1. The highest BCUT2D eigenvalue weighted by atomic mass is 32.1. The monoisotopic (exact) mass is 252 g/mol. The SMILES string of the molecule is NNC(Cc1cccs1)CC1CCCCCC1. The minimum absolute atomic E-state index is 0.455. The normalized spacial score (nSPS) is 20.1. The van der Waals surface area contributed by atoms with Crippen molar-refractivity contribution in [3.8, 4) is 0 Å². The van der Waals surface area contributed by atoms with Crippen LogP contribution in [-0.2, 0) is 6.42 Å². The van der Waals surface area contributed by atoms with Crippen molar-refractivity contribution < 1.29 is 0 Å². The highest BCUT2D eigenvalue weighted by molar-refractivity contribution is 7.09. The topological polar surface area (TPSA) is 38.0 Å². The van der Waals surface area contributed by atoms with Crippen molar-refractivity contribution in [2.24, 2.45) is 11.8 Å². The van der Waals surface area contributed by atoms with E-state index in [2.05, 4.69) is 22.9 Å². The summed E-state index contributed by atoms with van der Waals surface area (Å²) in [7, 11) is 0. The number of thiophene rings is 1. The minimum atomic E-state index is 0.455. The highest BCUT2D eigenvalue weighted by Crippen LogP contribution is 2.27. The van der Waals surface area contributed by atoms with Crippen LogP contribution >= 0.6 is 11.3 Å². The molecule has 1 fully saturated rings. The van der Waals surface area contributed by atoms with Crippen LogP contribution in [0.5, 0.6) is 0 Å². The van der Waals surface area contributed by atoms with Crippen LogP contribution in [0.3, 0.4) is 0 Å². The van der Waals surface area contributed by atoms with Crippen molar-refractivity contribution in [2.75, 3.05) is 0 Å². The van der Waals surface area contributed by atoms with Gasteiger partial charge in [-0.3, -0.25) is 11.3 Å². The maximum absolute atomic E-state index is 5.70. The van der Waals surface area contributed by atoms with E-state index in [9.17, 15) is 0 Å². The van der Waals surface area contributed by atoms with E-state index in [0.717, 1.165) is 12.3 Å². The zero-order valence-electron chi connectivity index (χ0n) is 10.5. The Bertz CT molecular complexity index is 289. The molecule has 2 nitrogen and oxygen atoms in total. The molecular weight excluding hydrogens is 228 g/mol. The molecule has 0 radical (unpaired) electrons. The zero-order chi connectivity index (χ0) is 11.9. The van der Waals surface area contributed by atoms with E-state index in [1.807, 2.05) is 11.3 Å². The molecular formula is C14H24N2S. The molecule has 0 saturated heterocycles. The number of hydrogen-bond donors (Lipinski definition) is 2. The number of nitrogens with one attached hydrogen (secondary N) is 1. The summed E-state index contributed by atoms with van der Waals surface area (Å²) in [5, 5.41) is 2.15. The van der Waals surface area contributed by atoms with Gasteiger partial charge in [0.1, 0.15) is 0 Å². The highest BCUT2D eigenvalue weighted by Gasteiger charge is 2.17. The fourth-order valence-corrected chi connectivity index (χ4v) is 3.67. The molecule has 2 rings (SSSR count). The Balaban J connectivity index is 1.81. The van der Waals surface area contributed by atoms with Crippen molar-refractivity contribution in [3.05, 3.63) is 22.4 Å². The predicted octanol–water partition coefficient (Wildman–Crippen LogP) is 3.48. The van der Waals surface area contributed by atoms with Crippen LogP contribution in [0.25, 0.3) is 0 Å². The Hall–Kier alpha value is -0.380. The minimum Gasteiger partial charge on any atom is -0.271 e. The fraction of sp³-hybridized carbons (Fsp3) is 0.714. The smallest absolute Gasteiger partial charge is 0.0261 e. The summed E-state index contributed by atoms with van der Waals surface area (Å²) in [6.45, 7) is 0. The molecule has 1 atom stereocenters. The van der Waals surface area contributed by atoms with Crippen LogP contribution in [0.1, 0.15) is 49.8 Å². The van der Waals surface area contributed by atoms with Crippen LogP contribution in [0.2, 0.25) is 0 Å². The lowest BCUT2D eigenvalue weighted by Crippen LogP contribution is -2.38. The zero-order valence-corrected chi connectivity index (χ0v) is 11.3. The molecule has 1 aliphatic carbocycles. The molecule has 0 amide bonds. The molecule has 96 valence electrons. The van der Waals surface area contributed by atoms with Gasteiger partial charge in [0, 0.05) is 10.9 Å². The van der Waals surface area contributed by atoms with Gasteiger partial charge in [0.05, 0.1) is 0 Å². The molecule has 17 heavy (non-hydrogen) atoms. The van der Waals surface area contributed by atoms with Crippen molar-refractivity contribution >= 4 is 11.3 Å². The van der Waals surface area contributed by atoms with Gasteiger partial charge in [0.15, 0.2) is 0 Å². The first-order valence-electron chi connectivity index (χ1n) is 6.87. The summed E-state index contributed by atoms with van der Waals surface area (Å²) in [6, 6.07) is 4.79. The second-order valence-corrected chi connectivity index (χ2v) is 6.27. The van der Waals surface area contributed by atoms with Crippen LogP contribution in [-0.4, -0.2) is 6.04 Å². The van der Waals surface area contributed by atoms with E-state index in [1.165, 1.54) is 49.8 Å². The van der Waals surface area contributed by atoms with Crippen LogP contribution in [0.15, 0.2) is 17.5 Å². The van der Waals surface area contributed by atoms with Gasteiger partial charge in [0.2, 0.25) is 0 Å².